The molecule has 0 unspecified atom stereocenters. The van der Waals surface area contributed by atoms with Gasteiger partial charge in [-0.15, -0.1) is 0 Å². The van der Waals surface area contributed by atoms with E-state index in [9.17, 15) is 9.59 Å². The molecule has 3 aromatic carbocycles. The van der Waals surface area contributed by atoms with Gasteiger partial charge in [-0.1, -0.05) is 65.7 Å². The number of rotatable bonds is 7. The molecule has 0 aliphatic heterocycles. The van der Waals surface area contributed by atoms with Gasteiger partial charge < -0.3 is 10.6 Å². The lowest BCUT2D eigenvalue weighted by Crippen LogP contribution is -2.38. The largest absolute Gasteiger partial charge is 0.354 e. The summed E-state index contributed by atoms with van der Waals surface area (Å²) in [6, 6.07) is 19.1. The Hall–Kier alpha value is -2.56. The Morgan fingerprint density at radius 2 is 1.54 bits per heavy atom. The third kappa shape index (κ3) is 5.72. The highest BCUT2D eigenvalue weighted by molar-refractivity contribution is 6.34. The molecule has 6 heteroatoms. The van der Waals surface area contributed by atoms with Crippen molar-refractivity contribution >= 4 is 45.8 Å². The van der Waals surface area contributed by atoms with Gasteiger partial charge in [0.05, 0.1) is 13.0 Å². The Morgan fingerprint density at radius 1 is 0.821 bits per heavy atom. The summed E-state index contributed by atoms with van der Waals surface area (Å²) in [5.41, 5.74) is 1.88. The highest BCUT2D eigenvalue weighted by Crippen LogP contribution is 2.19. The summed E-state index contributed by atoms with van der Waals surface area (Å²) in [6.45, 7) is 0.384. The van der Waals surface area contributed by atoms with Crippen LogP contribution in [0.25, 0.3) is 10.8 Å². The summed E-state index contributed by atoms with van der Waals surface area (Å²) in [4.78, 5) is 24.2. The van der Waals surface area contributed by atoms with Crippen LogP contribution in [-0.2, 0) is 22.4 Å². The summed E-state index contributed by atoms with van der Waals surface area (Å²) < 4.78 is 0. The van der Waals surface area contributed by atoms with Crippen LogP contribution in [0.5, 0.6) is 0 Å². The summed E-state index contributed by atoms with van der Waals surface area (Å²) in [5, 5.41) is 8.71. The molecule has 2 N–H and O–H groups in total. The lowest BCUT2D eigenvalue weighted by atomic mass is 10.0. The first-order valence-corrected chi connectivity index (χ1v) is 9.72. The quantitative estimate of drug-likeness (QED) is 0.609. The van der Waals surface area contributed by atoms with Crippen molar-refractivity contribution in [3.8, 4) is 0 Å². The van der Waals surface area contributed by atoms with Gasteiger partial charge in [0.1, 0.15) is 0 Å². The molecule has 3 rings (SSSR count). The lowest BCUT2D eigenvalue weighted by Gasteiger charge is -2.09. The van der Waals surface area contributed by atoms with E-state index < -0.39 is 0 Å². The molecule has 0 saturated carbocycles. The van der Waals surface area contributed by atoms with E-state index in [2.05, 4.69) is 10.6 Å². The van der Waals surface area contributed by atoms with Crippen molar-refractivity contribution in [2.75, 3.05) is 13.1 Å². The molecule has 0 radical (unpaired) electrons. The first-order chi connectivity index (χ1) is 13.5. The zero-order chi connectivity index (χ0) is 19.9. The molecule has 0 aliphatic rings. The molecule has 0 bridgehead atoms. The van der Waals surface area contributed by atoms with E-state index in [1.165, 1.54) is 0 Å². The molecule has 0 aromatic heterocycles. The van der Waals surface area contributed by atoms with Crippen molar-refractivity contribution in [2.45, 2.75) is 12.8 Å². The maximum Gasteiger partial charge on any atom is 0.239 e. The van der Waals surface area contributed by atoms with Crippen molar-refractivity contribution in [3.63, 3.8) is 0 Å². The van der Waals surface area contributed by atoms with Gasteiger partial charge in [0.2, 0.25) is 11.8 Å². The van der Waals surface area contributed by atoms with Crippen LogP contribution in [0, 0.1) is 0 Å². The van der Waals surface area contributed by atoms with Crippen LogP contribution in [0.4, 0.5) is 0 Å². The number of hydrogen-bond donors (Lipinski definition) is 2. The van der Waals surface area contributed by atoms with E-state index >= 15 is 0 Å². The fourth-order valence-electron chi connectivity index (χ4n) is 3.03. The van der Waals surface area contributed by atoms with Gasteiger partial charge in [0, 0.05) is 16.6 Å². The fraction of sp³-hybridized carbons (Fsp3) is 0.182. The van der Waals surface area contributed by atoms with Gasteiger partial charge in [-0.05, 0) is 46.5 Å². The number of halogens is 2. The number of carbonyl (C=O) groups excluding carboxylic acids is 2. The highest BCUT2D eigenvalue weighted by atomic mass is 35.5. The number of hydrogen-bond acceptors (Lipinski definition) is 2. The number of carbonyl (C=O) groups is 2. The zero-order valence-electron chi connectivity index (χ0n) is 15.2. The maximum absolute atomic E-state index is 12.2. The number of fused-ring (bicyclic) bond motifs is 1. The van der Waals surface area contributed by atoms with E-state index in [1.807, 2.05) is 54.6 Å². The summed E-state index contributed by atoms with van der Waals surface area (Å²) in [7, 11) is 0. The highest BCUT2D eigenvalue weighted by Gasteiger charge is 2.09. The monoisotopic (exact) mass is 414 g/mol. The second kappa shape index (κ2) is 9.58. The second-order valence-electron chi connectivity index (χ2n) is 6.47. The smallest absolute Gasteiger partial charge is 0.239 e. The molecular weight excluding hydrogens is 395 g/mol. The topological polar surface area (TPSA) is 58.2 Å². The minimum Gasteiger partial charge on any atom is -0.354 e. The van der Waals surface area contributed by atoms with Crippen LogP contribution in [0.1, 0.15) is 11.1 Å². The zero-order valence-corrected chi connectivity index (χ0v) is 16.7. The van der Waals surface area contributed by atoms with E-state index in [0.717, 1.165) is 21.9 Å². The molecule has 0 saturated heterocycles. The third-order valence-corrected chi connectivity index (χ3v) is 4.77. The van der Waals surface area contributed by atoms with Gasteiger partial charge in [-0.2, -0.15) is 0 Å². The van der Waals surface area contributed by atoms with Crippen LogP contribution in [0.2, 0.25) is 10.0 Å². The normalized spacial score (nSPS) is 10.6. The molecule has 0 atom stereocenters. The predicted octanol–water partition coefficient (Wildman–Crippen LogP) is 4.16. The molecule has 0 spiro atoms. The van der Waals surface area contributed by atoms with E-state index in [0.29, 0.717) is 23.0 Å². The summed E-state index contributed by atoms with van der Waals surface area (Å²) in [5.74, 6) is -0.424. The van der Waals surface area contributed by atoms with Crippen molar-refractivity contribution in [1.29, 1.82) is 0 Å². The van der Waals surface area contributed by atoms with Crippen LogP contribution in [-0.4, -0.2) is 24.9 Å². The third-order valence-electron chi connectivity index (χ3n) is 4.34. The Balaban J connectivity index is 1.44. The SMILES string of the molecule is O=C(CNC(=O)Cc1cccc2ccccc12)NCCc1cc(Cl)cc(Cl)c1. The van der Waals surface area contributed by atoms with Crippen LogP contribution >= 0.6 is 23.2 Å². The molecule has 144 valence electrons. The Bertz CT molecular complexity index is 979. The Kier molecular flexibility index (Phi) is 6.90. The van der Waals surface area contributed by atoms with Crippen molar-refractivity contribution in [3.05, 3.63) is 81.8 Å². The predicted molar refractivity (Wildman–Crippen MR) is 114 cm³/mol. The average Bonchev–Trinajstić information content (AvgIpc) is 2.66. The molecule has 0 heterocycles. The van der Waals surface area contributed by atoms with E-state index in [-0.39, 0.29) is 24.8 Å². The van der Waals surface area contributed by atoms with Crippen LogP contribution in [0.15, 0.2) is 60.7 Å². The molecule has 3 aromatic rings. The second-order valence-corrected chi connectivity index (χ2v) is 7.34. The summed E-state index contributed by atoms with van der Waals surface area (Å²) >= 11 is 11.9. The molecule has 2 amide bonds. The van der Waals surface area contributed by atoms with Crippen LogP contribution in [0.3, 0.4) is 0 Å². The number of benzene rings is 3. The van der Waals surface area contributed by atoms with Gasteiger partial charge in [-0.25, -0.2) is 0 Å². The minimum atomic E-state index is -0.237. The molecule has 4 nitrogen and oxygen atoms in total. The standard InChI is InChI=1S/C22H20Cl2N2O2/c23-18-10-15(11-19(24)13-18)8-9-25-22(28)14-26-21(27)12-17-6-3-5-16-4-1-2-7-20(16)17/h1-7,10-11,13H,8-9,12,14H2,(H,25,28)(H,26,27). The van der Waals surface area contributed by atoms with Crippen molar-refractivity contribution in [2.24, 2.45) is 0 Å². The van der Waals surface area contributed by atoms with E-state index in [4.69, 9.17) is 23.2 Å². The molecule has 0 aliphatic carbocycles. The summed E-state index contributed by atoms with van der Waals surface area (Å²) in [6.07, 6.45) is 0.839. The lowest BCUT2D eigenvalue weighted by molar-refractivity contribution is -0.125. The molecule has 0 fully saturated rings. The van der Waals surface area contributed by atoms with Gasteiger partial charge >= 0.3 is 0 Å². The number of nitrogens with one attached hydrogen (secondary N) is 2. The molecular formula is C22H20Cl2N2O2. The average molecular weight is 415 g/mol. The molecule has 28 heavy (non-hydrogen) atoms. The Morgan fingerprint density at radius 3 is 2.32 bits per heavy atom. The van der Waals surface area contributed by atoms with Crippen LogP contribution < -0.4 is 10.6 Å². The van der Waals surface area contributed by atoms with Crippen molar-refractivity contribution in [1.82, 2.24) is 10.6 Å². The minimum absolute atomic E-state index is 0.0557. The number of amides is 2. The van der Waals surface area contributed by atoms with Crippen molar-refractivity contribution < 1.29 is 9.59 Å². The maximum atomic E-state index is 12.2. The van der Waals surface area contributed by atoms with Gasteiger partial charge in [0.15, 0.2) is 0 Å². The van der Waals surface area contributed by atoms with Gasteiger partial charge in [0.25, 0.3) is 0 Å². The van der Waals surface area contributed by atoms with Gasteiger partial charge in [-0.3, -0.25) is 9.59 Å². The Labute approximate surface area is 173 Å². The fourth-order valence-corrected chi connectivity index (χ4v) is 3.60. The first-order valence-electron chi connectivity index (χ1n) is 8.96. The first kappa shape index (κ1) is 20.2. The van der Waals surface area contributed by atoms with E-state index in [1.54, 1.807) is 6.07 Å².